The summed E-state index contributed by atoms with van der Waals surface area (Å²) in [5, 5.41) is 7.89. The zero-order valence-corrected chi connectivity index (χ0v) is 11.1. The molecular weight excluding hydrogens is 200 g/mol. The molecule has 0 radical (unpaired) electrons. The van der Waals surface area contributed by atoms with Crippen molar-refractivity contribution >= 4 is 11.5 Å². The number of nitrogens with one attached hydrogen (secondary N) is 1. The summed E-state index contributed by atoms with van der Waals surface area (Å²) in [7, 11) is 1.93. The summed E-state index contributed by atoms with van der Waals surface area (Å²) in [6, 6.07) is 0. The molecular formula is C12H24N4. The Bertz CT molecular complexity index is 352. The second-order valence-corrected chi connectivity index (χ2v) is 4.95. The number of anilines is 2. The van der Waals surface area contributed by atoms with Crippen LogP contribution in [-0.4, -0.2) is 15.3 Å². The van der Waals surface area contributed by atoms with Gasteiger partial charge in [0.05, 0.1) is 11.4 Å². The minimum absolute atomic E-state index is 0.0572. The van der Waals surface area contributed by atoms with Gasteiger partial charge in [-0.15, -0.1) is 0 Å². The van der Waals surface area contributed by atoms with Crippen molar-refractivity contribution in [2.24, 2.45) is 7.05 Å². The van der Waals surface area contributed by atoms with Crippen molar-refractivity contribution in [1.29, 1.82) is 0 Å². The molecule has 1 rings (SSSR count). The highest BCUT2D eigenvalue weighted by atomic mass is 15.3. The zero-order chi connectivity index (χ0) is 12.3. The molecule has 0 bridgehead atoms. The molecule has 1 aromatic rings. The molecule has 3 N–H and O–H groups in total. The van der Waals surface area contributed by atoms with Gasteiger partial charge in [0, 0.05) is 12.6 Å². The fourth-order valence-corrected chi connectivity index (χ4v) is 2.01. The fraction of sp³-hybridized carbons (Fsp3) is 0.750. The molecule has 0 amide bonds. The lowest BCUT2D eigenvalue weighted by Gasteiger charge is -2.27. The van der Waals surface area contributed by atoms with Gasteiger partial charge in [0.2, 0.25) is 0 Å². The van der Waals surface area contributed by atoms with Crippen molar-refractivity contribution < 1.29 is 0 Å². The summed E-state index contributed by atoms with van der Waals surface area (Å²) in [5.74, 6) is 0.940. The normalized spacial score (nSPS) is 11.8. The lowest BCUT2D eigenvalue weighted by atomic mass is 9.99. The van der Waals surface area contributed by atoms with Gasteiger partial charge in [0.25, 0.3) is 0 Å². The third-order valence-electron chi connectivity index (χ3n) is 2.83. The average molecular weight is 224 g/mol. The van der Waals surface area contributed by atoms with E-state index >= 15 is 0 Å². The lowest BCUT2D eigenvalue weighted by molar-refractivity contribution is 0.504. The standard InChI is InChI=1S/C12H24N4/c1-6-8-12(3,4)14-11-10(13)9(7-2)15-16(11)5/h14H,6-8,13H2,1-5H3. The molecule has 0 unspecified atom stereocenters. The molecule has 0 saturated heterocycles. The Morgan fingerprint density at radius 3 is 2.44 bits per heavy atom. The molecule has 0 aliphatic carbocycles. The Kier molecular flexibility index (Phi) is 3.83. The van der Waals surface area contributed by atoms with Gasteiger partial charge in [-0.3, -0.25) is 4.68 Å². The summed E-state index contributed by atoms with van der Waals surface area (Å²) >= 11 is 0. The van der Waals surface area contributed by atoms with Crippen LogP contribution in [0.3, 0.4) is 0 Å². The van der Waals surface area contributed by atoms with Crippen molar-refractivity contribution in [1.82, 2.24) is 9.78 Å². The van der Waals surface area contributed by atoms with Crippen molar-refractivity contribution in [3.63, 3.8) is 0 Å². The molecule has 92 valence electrons. The minimum atomic E-state index is 0.0572. The van der Waals surface area contributed by atoms with Crippen LogP contribution in [0.1, 0.15) is 46.2 Å². The van der Waals surface area contributed by atoms with Crippen LogP contribution in [0.25, 0.3) is 0 Å². The maximum atomic E-state index is 6.07. The first-order valence-electron chi connectivity index (χ1n) is 6.00. The Morgan fingerprint density at radius 1 is 1.38 bits per heavy atom. The fourth-order valence-electron chi connectivity index (χ4n) is 2.01. The van der Waals surface area contributed by atoms with Gasteiger partial charge in [0.15, 0.2) is 0 Å². The second kappa shape index (κ2) is 4.76. The van der Waals surface area contributed by atoms with Crippen molar-refractivity contribution in [2.45, 2.75) is 52.5 Å². The van der Waals surface area contributed by atoms with E-state index in [2.05, 4.69) is 38.1 Å². The molecule has 0 aliphatic rings. The molecule has 4 nitrogen and oxygen atoms in total. The number of aromatic nitrogens is 2. The van der Waals surface area contributed by atoms with Crippen LogP contribution in [0, 0.1) is 0 Å². The largest absolute Gasteiger partial charge is 0.394 e. The van der Waals surface area contributed by atoms with Gasteiger partial charge >= 0.3 is 0 Å². The molecule has 0 saturated carbocycles. The highest BCUT2D eigenvalue weighted by Crippen LogP contribution is 2.27. The monoisotopic (exact) mass is 224 g/mol. The van der Waals surface area contributed by atoms with E-state index < -0.39 is 0 Å². The Labute approximate surface area is 98.2 Å². The van der Waals surface area contributed by atoms with E-state index in [1.54, 1.807) is 0 Å². The molecule has 0 spiro atoms. The number of rotatable bonds is 5. The molecule has 1 heterocycles. The second-order valence-electron chi connectivity index (χ2n) is 4.95. The lowest BCUT2D eigenvalue weighted by Crippen LogP contribution is -2.31. The maximum Gasteiger partial charge on any atom is 0.148 e. The van der Waals surface area contributed by atoms with Crippen molar-refractivity contribution in [2.75, 3.05) is 11.1 Å². The number of nitrogens with zero attached hydrogens (tertiary/aromatic N) is 2. The van der Waals surface area contributed by atoms with Crippen LogP contribution in [0.5, 0.6) is 0 Å². The van der Waals surface area contributed by atoms with E-state index in [4.69, 9.17) is 5.73 Å². The Morgan fingerprint density at radius 2 is 2.00 bits per heavy atom. The van der Waals surface area contributed by atoms with Gasteiger partial charge in [-0.05, 0) is 26.7 Å². The van der Waals surface area contributed by atoms with Gasteiger partial charge < -0.3 is 11.1 Å². The van der Waals surface area contributed by atoms with Crippen LogP contribution < -0.4 is 11.1 Å². The van der Waals surface area contributed by atoms with Crippen LogP contribution in [0.4, 0.5) is 11.5 Å². The highest BCUT2D eigenvalue weighted by molar-refractivity contribution is 5.65. The topological polar surface area (TPSA) is 55.9 Å². The molecule has 16 heavy (non-hydrogen) atoms. The Hall–Kier alpha value is -1.19. The predicted molar refractivity (Wildman–Crippen MR) is 69.6 cm³/mol. The molecule has 0 fully saturated rings. The first kappa shape index (κ1) is 12.9. The molecule has 0 aliphatic heterocycles. The van der Waals surface area contributed by atoms with E-state index in [1.807, 2.05) is 11.7 Å². The van der Waals surface area contributed by atoms with Gasteiger partial charge in [0.1, 0.15) is 5.82 Å². The van der Waals surface area contributed by atoms with E-state index in [0.29, 0.717) is 0 Å². The summed E-state index contributed by atoms with van der Waals surface area (Å²) < 4.78 is 1.84. The maximum absolute atomic E-state index is 6.07. The number of nitrogen functional groups attached to an aromatic ring is 1. The van der Waals surface area contributed by atoms with Crippen molar-refractivity contribution in [3.8, 4) is 0 Å². The molecule has 0 aromatic carbocycles. The van der Waals surface area contributed by atoms with Crippen LogP contribution in [-0.2, 0) is 13.5 Å². The quantitative estimate of drug-likeness (QED) is 0.808. The first-order valence-corrected chi connectivity index (χ1v) is 6.00. The van der Waals surface area contributed by atoms with Crippen molar-refractivity contribution in [3.05, 3.63) is 5.69 Å². The van der Waals surface area contributed by atoms with Crippen LogP contribution in [0.15, 0.2) is 0 Å². The van der Waals surface area contributed by atoms with Gasteiger partial charge in [-0.25, -0.2) is 0 Å². The molecule has 0 atom stereocenters. The predicted octanol–water partition coefficient (Wildman–Crippen LogP) is 2.56. The highest BCUT2D eigenvalue weighted by Gasteiger charge is 2.21. The number of hydrogen-bond acceptors (Lipinski definition) is 3. The summed E-state index contributed by atoms with van der Waals surface area (Å²) in [4.78, 5) is 0. The third kappa shape index (κ3) is 2.68. The van der Waals surface area contributed by atoms with E-state index in [0.717, 1.165) is 36.5 Å². The summed E-state index contributed by atoms with van der Waals surface area (Å²) in [6.45, 7) is 8.64. The smallest absolute Gasteiger partial charge is 0.148 e. The van der Waals surface area contributed by atoms with E-state index in [-0.39, 0.29) is 5.54 Å². The third-order valence-corrected chi connectivity index (χ3v) is 2.83. The Balaban J connectivity index is 2.92. The number of hydrogen-bond donors (Lipinski definition) is 2. The van der Waals surface area contributed by atoms with Gasteiger partial charge in [-0.2, -0.15) is 5.10 Å². The number of aryl methyl sites for hydroxylation is 2. The van der Waals surface area contributed by atoms with Crippen LogP contribution in [0.2, 0.25) is 0 Å². The summed E-state index contributed by atoms with van der Waals surface area (Å²) in [5.41, 5.74) is 7.89. The van der Waals surface area contributed by atoms with E-state index in [1.165, 1.54) is 0 Å². The average Bonchev–Trinajstić information content (AvgIpc) is 2.45. The first-order chi connectivity index (χ1) is 7.41. The van der Waals surface area contributed by atoms with Gasteiger partial charge in [-0.1, -0.05) is 20.3 Å². The minimum Gasteiger partial charge on any atom is -0.394 e. The SMILES string of the molecule is CCCC(C)(C)Nc1c(N)c(CC)nn1C. The zero-order valence-electron chi connectivity index (χ0n) is 11.1. The van der Waals surface area contributed by atoms with Crippen LogP contribution >= 0.6 is 0 Å². The number of nitrogens with two attached hydrogens (primary N) is 1. The summed E-state index contributed by atoms with van der Waals surface area (Å²) in [6.07, 6.45) is 3.13. The molecule has 1 aromatic heterocycles. The van der Waals surface area contributed by atoms with E-state index in [9.17, 15) is 0 Å². The molecule has 4 heteroatoms.